The summed E-state index contributed by atoms with van der Waals surface area (Å²) in [6.45, 7) is 0. The molecule has 0 bridgehead atoms. The number of alkyl halides is 1. The molecule has 0 atom stereocenters. The van der Waals surface area contributed by atoms with Crippen molar-refractivity contribution in [3.8, 4) is 0 Å². The van der Waals surface area contributed by atoms with E-state index in [1.165, 1.54) is 7.11 Å². The van der Waals surface area contributed by atoms with Crippen LogP contribution in [0.25, 0.3) is 6.08 Å². The summed E-state index contributed by atoms with van der Waals surface area (Å²) in [6.07, 6.45) is 1.76. The van der Waals surface area contributed by atoms with Crippen molar-refractivity contribution in [2.45, 2.75) is 0 Å². The molecule has 0 N–H and O–H groups in total. The monoisotopic (exact) mass is 288 g/mol. The second kappa shape index (κ2) is 5.93. The fraction of sp³-hybridized carbons (Fsp3) is 0.182. The van der Waals surface area contributed by atoms with Gasteiger partial charge in [0.15, 0.2) is 0 Å². The highest BCUT2D eigenvalue weighted by Crippen LogP contribution is 2.14. The van der Waals surface area contributed by atoms with Crippen molar-refractivity contribution in [3.63, 3.8) is 0 Å². The number of carbonyl (C=O) groups is 1. The van der Waals surface area contributed by atoms with Gasteiger partial charge in [0.2, 0.25) is 0 Å². The summed E-state index contributed by atoms with van der Waals surface area (Å²) in [7, 11) is 1.36. The molecule has 0 aliphatic carbocycles. The summed E-state index contributed by atoms with van der Waals surface area (Å²) in [6, 6.07) is 7.23. The third-order valence-corrected chi connectivity index (χ3v) is 2.66. The van der Waals surface area contributed by atoms with Crippen LogP contribution in [-0.2, 0) is 9.53 Å². The minimum Gasteiger partial charge on any atom is -0.466 e. The zero-order chi connectivity index (χ0) is 11.3. The van der Waals surface area contributed by atoms with E-state index in [4.69, 9.17) is 11.6 Å². The van der Waals surface area contributed by atoms with Crippen molar-refractivity contribution in [2.24, 2.45) is 0 Å². The fourth-order valence-electron chi connectivity index (χ4n) is 1.04. The lowest BCUT2D eigenvalue weighted by Crippen LogP contribution is -2.05. The number of benzene rings is 1. The average Bonchev–Trinajstić information content (AvgIpc) is 2.27. The van der Waals surface area contributed by atoms with Crippen molar-refractivity contribution < 1.29 is 9.53 Å². The Morgan fingerprint density at radius 3 is 2.53 bits per heavy atom. The number of hydrogen-bond donors (Lipinski definition) is 0. The van der Waals surface area contributed by atoms with E-state index in [0.717, 1.165) is 5.56 Å². The molecule has 15 heavy (non-hydrogen) atoms. The highest BCUT2D eigenvalue weighted by molar-refractivity contribution is 9.09. The molecule has 2 nitrogen and oxygen atoms in total. The molecule has 0 aliphatic heterocycles. The van der Waals surface area contributed by atoms with Gasteiger partial charge >= 0.3 is 5.97 Å². The molecule has 80 valence electrons. The van der Waals surface area contributed by atoms with Crippen molar-refractivity contribution in [1.29, 1.82) is 0 Å². The summed E-state index contributed by atoms with van der Waals surface area (Å²) >= 11 is 8.98. The third-order valence-electron chi connectivity index (χ3n) is 1.80. The lowest BCUT2D eigenvalue weighted by Gasteiger charge is -2.01. The number of ether oxygens (including phenoxy) is 1. The first-order valence-electron chi connectivity index (χ1n) is 4.28. The van der Waals surface area contributed by atoms with Crippen LogP contribution >= 0.6 is 27.5 Å². The minimum atomic E-state index is -0.332. The van der Waals surface area contributed by atoms with Gasteiger partial charge < -0.3 is 4.74 Å². The Hall–Kier alpha value is -0.800. The number of hydrogen-bond acceptors (Lipinski definition) is 2. The zero-order valence-corrected chi connectivity index (χ0v) is 10.5. The maximum atomic E-state index is 11.3. The van der Waals surface area contributed by atoms with Gasteiger partial charge in [-0.05, 0) is 23.8 Å². The molecular formula is C11H10BrClO2. The van der Waals surface area contributed by atoms with Crippen LogP contribution in [0.1, 0.15) is 5.56 Å². The Morgan fingerprint density at radius 1 is 1.47 bits per heavy atom. The van der Waals surface area contributed by atoms with E-state index >= 15 is 0 Å². The van der Waals surface area contributed by atoms with Crippen LogP contribution in [0, 0.1) is 0 Å². The van der Waals surface area contributed by atoms with Crippen LogP contribution in [0.4, 0.5) is 0 Å². The van der Waals surface area contributed by atoms with E-state index in [9.17, 15) is 4.79 Å². The molecule has 0 amide bonds. The summed E-state index contributed by atoms with van der Waals surface area (Å²) < 4.78 is 4.64. The SMILES string of the molecule is COC(=O)/C(=C\c1ccc(Cl)cc1)CBr. The molecule has 0 aromatic heterocycles. The molecule has 1 rings (SSSR count). The van der Waals surface area contributed by atoms with Gasteiger partial charge in [-0.3, -0.25) is 0 Å². The molecular weight excluding hydrogens is 279 g/mol. The van der Waals surface area contributed by atoms with E-state index in [0.29, 0.717) is 15.9 Å². The first-order valence-corrected chi connectivity index (χ1v) is 5.77. The van der Waals surface area contributed by atoms with Crippen molar-refractivity contribution >= 4 is 39.6 Å². The third kappa shape index (κ3) is 3.68. The predicted octanol–water partition coefficient (Wildman–Crippen LogP) is 3.29. The molecule has 1 aromatic rings. The van der Waals surface area contributed by atoms with Gasteiger partial charge in [-0.1, -0.05) is 39.7 Å². The van der Waals surface area contributed by atoms with Crippen LogP contribution in [0.15, 0.2) is 29.8 Å². The molecule has 0 saturated heterocycles. The van der Waals surface area contributed by atoms with E-state index in [-0.39, 0.29) is 5.97 Å². The van der Waals surface area contributed by atoms with Crippen LogP contribution in [-0.4, -0.2) is 18.4 Å². The molecule has 0 aliphatic rings. The van der Waals surface area contributed by atoms with E-state index in [1.807, 2.05) is 12.1 Å². The molecule has 0 heterocycles. The normalized spacial score (nSPS) is 11.3. The molecule has 4 heteroatoms. The average molecular weight is 290 g/mol. The maximum absolute atomic E-state index is 11.3. The molecule has 0 fully saturated rings. The first-order chi connectivity index (χ1) is 7.17. The van der Waals surface area contributed by atoms with Crippen molar-refractivity contribution in [3.05, 3.63) is 40.4 Å². The van der Waals surface area contributed by atoms with Gasteiger partial charge in [-0.25, -0.2) is 4.79 Å². The molecule has 1 aromatic carbocycles. The Kier molecular flexibility index (Phi) is 4.85. The van der Waals surface area contributed by atoms with Crippen LogP contribution in [0.3, 0.4) is 0 Å². The Balaban J connectivity index is 2.93. The fourth-order valence-corrected chi connectivity index (χ4v) is 1.56. The molecule has 0 spiro atoms. The van der Waals surface area contributed by atoms with E-state index < -0.39 is 0 Å². The van der Waals surface area contributed by atoms with Gasteiger partial charge in [0.1, 0.15) is 0 Å². The second-order valence-electron chi connectivity index (χ2n) is 2.85. The van der Waals surface area contributed by atoms with Crippen LogP contribution in [0.5, 0.6) is 0 Å². The Labute approximate surface area is 102 Å². The van der Waals surface area contributed by atoms with Crippen molar-refractivity contribution in [2.75, 3.05) is 12.4 Å². The number of halogens is 2. The van der Waals surface area contributed by atoms with Crippen LogP contribution in [0.2, 0.25) is 5.02 Å². The van der Waals surface area contributed by atoms with Crippen LogP contribution < -0.4 is 0 Å². The quantitative estimate of drug-likeness (QED) is 0.485. The number of rotatable bonds is 3. The van der Waals surface area contributed by atoms with E-state index in [2.05, 4.69) is 20.7 Å². The first kappa shape index (κ1) is 12.3. The largest absolute Gasteiger partial charge is 0.466 e. The van der Waals surface area contributed by atoms with E-state index in [1.54, 1.807) is 18.2 Å². The smallest absolute Gasteiger partial charge is 0.334 e. The van der Waals surface area contributed by atoms with Gasteiger partial charge in [0, 0.05) is 15.9 Å². The summed E-state index contributed by atoms with van der Waals surface area (Å²) in [4.78, 5) is 11.3. The molecule has 0 unspecified atom stereocenters. The number of carbonyl (C=O) groups excluding carboxylic acids is 1. The number of esters is 1. The number of methoxy groups -OCH3 is 1. The lowest BCUT2D eigenvalue weighted by atomic mass is 10.1. The van der Waals surface area contributed by atoms with Gasteiger partial charge in [-0.2, -0.15) is 0 Å². The van der Waals surface area contributed by atoms with Gasteiger partial charge in [0.25, 0.3) is 0 Å². The van der Waals surface area contributed by atoms with Gasteiger partial charge in [-0.15, -0.1) is 0 Å². The highest BCUT2D eigenvalue weighted by atomic mass is 79.9. The topological polar surface area (TPSA) is 26.3 Å². The molecule has 0 radical (unpaired) electrons. The Bertz CT molecular complexity index is 371. The molecule has 0 saturated carbocycles. The highest BCUT2D eigenvalue weighted by Gasteiger charge is 2.07. The summed E-state index contributed by atoms with van der Waals surface area (Å²) in [5.74, 6) is -0.332. The minimum absolute atomic E-state index is 0.332. The lowest BCUT2D eigenvalue weighted by molar-refractivity contribution is -0.135. The second-order valence-corrected chi connectivity index (χ2v) is 3.84. The predicted molar refractivity (Wildman–Crippen MR) is 65.2 cm³/mol. The standard InChI is InChI=1S/C11H10BrClO2/c1-15-11(14)9(7-12)6-8-2-4-10(13)5-3-8/h2-6H,7H2,1H3/b9-6-. The Morgan fingerprint density at radius 2 is 2.07 bits per heavy atom. The summed E-state index contributed by atoms with van der Waals surface area (Å²) in [5.41, 5.74) is 1.49. The maximum Gasteiger partial charge on any atom is 0.334 e. The van der Waals surface area contributed by atoms with Gasteiger partial charge in [0.05, 0.1) is 7.11 Å². The van der Waals surface area contributed by atoms with Crippen molar-refractivity contribution in [1.82, 2.24) is 0 Å². The zero-order valence-electron chi connectivity index (χ0n) is 8.17. The summed E-state index contributed by atoms with van der Waals surface area (Å²) in [5, 5.41) is 1.13.